The van der Waals surface area contributed by atoms with E-state index in [9.17, 15) is 0 Å². The van der Waals surface area contributed by atoms with Crippen molar-refractivity contribution in [1.29, 1.82) is 0 Å². The zero-order valence-corrected chi connectivity index (χ0v) is 24.4. The van der Waals surface area contributed by atoms with Gasteiger partial charge >= 0.3 is 0 Å². The van der Waals surface area contributed by atoms with Crippen LogP contribution in [-0.4, -0.2) is 19.1 Å². The van der Waals surface area contributed by atoms with E-state index in [0.717, 1.165) is 65.6 Å². The van der Waals surface area contributed by atoms with Gasteiger partial charge < -0.3 is 4.57 Å². The summed E-state index contributed by atoms with van der Waals surface area (Å²) in [6.07, 6.45) is 0. The third kappa shape index (κ3) is 3.61. The molecule has 3 aromatic heterocycles. The van der Waals surface area contributed by atoms with Crippen molar-refractivity contribution in [3.05, 3.63) is 158 Å². The van der Waals surface area contributed by atoms with Gasteiger partial charge in [0.05, 0.1) is 40.0 Å². The van der Waals surface area contributed by atoms with Crippen LogP contribution in [0.5, 0.6) is 0 Å². The molecule has 0 atom stereocenters. The zero-order chi connectivity index (χ0) is 34.5. The van der Waals surface area contributed by atoms with Crippen LogP contribution in [-0.2, 0) is 0 Å². The number of aromatic nitrogens is 4. The minimum atomic E-state index is -0.419. The summed E-state index contributed by atoms with van der Waals surface area (Å²) in [7, 11) is 0. The summed E-state index contributed by atoms with van der Waals surface area (Å²) in [6.45, 7) is 0. The average molecular weight is 592 g/mol. The van der Waals surface area contributed by atoms with Gasteiger partial charge in [0, 0.05) is 32.8 Å². The Labute approximate surface area is 271 Å². The lowest BCUT2D eigenvalue weighted by molar-refractivity contribution is 1.08. The predicted molar refractivity (Wildman–Crippen MR) is 191 cm³/mol. The molecule has 214 valence electrons. The van der Waals surface area contributed by atoms with Crippen molar-refractivity contribution in [2.45, 2.75) is 0 Å². The van der Waals surface area contributed by atoms with Gasteiger partial charge in [0.25, 0.3) is 0 Å². The monoisotopic (exact) mass is 591 g/mol. The maximum absolute atomic E-state index is 8.79. The Kier molecular flexibility index (Phi) is 4.32. The van der Waals surface area contributed by atoms with Crippen LogP contribution in [0.4, 0.5) is 0 Å². The maximum atomic E-state index is 8.79. The summed E-state index contributed by atoms with van der Waals surface area (Å²) in [6, 6.07) is 41.2. The second kappa shape index (κ2) is 9.62. The molecule has 0 spiro atoms. The molecule has 7 aromatic carbocycles. The molecule has 0 aliphatic heterocycles. The van der Waals surface area contributed by atoms with E-state index in [1.165, 1.54) is 5.39 Å². The summed E-state index contributed by atoms with van der Waals surface area (Å²) in [5, 5.41) is 6.30. The molecule has 3 heterocycles. The normalized spacial score (nSPS) is 13.4. The van der Waals surface area contributed by atoms with Crippen LogP contribution < -0.4 is 0 Å². The van der Waals surface area contributed by atoms with Crippen molar-refractivity contribution in [3.63, 3.8) is 0 Å². The molecule has 0 fully saturated rings. The van der Waals surface area contributed by atoms with Gasteiger partial charge in [-0.3, -0.25) is 4.57 Å². The van der Waals surface area contributed by atoms with Crippen LogP contribution in [0, 0.1) is 0 Å². The summed E-state index contributed by atoms with van der Waals surface area (Å²) in [5.74, 6) is 0.698. The van der Waals surface area contributed by atoms with Gasteiger partial charge in [0.2, 0.25) is 0 Å². The van der Waals surface area contributed by atoms with Crippen molar-refractivity contribution in [2.75, 3.05) is 0 Å². The molecule has 4 heteroatoms. The quantitative estimate of drug-likeness (QED) is 0.205. The number of fused-ring (bicyclic) bond motifs is 8. The Hall–Kier alpha value is -6.26. The standard InChI is InChI=1S/C42H26N4/c1-2-14-30(15-3-1)45-37-20-10-6-16-31(37)33-25-29(22-23-39(33)45)41-42(44-36-19-9-8-18-35(36)43-41)46-38-21-11-7-17-32(38)34-24-27-12-4-5-13-28(27)26-40(34)46/h1-26H/i1D,2D,3D,14D,15D. The van der Waals surface area contributed by atoms with E-state index >= 15 is 0 Å². The Morgan fingerprint density at radius 2 is 1.04 bits per heavy atom. The fourth-order valence-corrected chi connectivity index (χ4v) is 6.94. The molecule has 0 bridgehead atoms. The third-order valence-corrected chi connectivity index (χ3v) is 8.96. The van der Waals surface area contributed by atoms with Crippen molar-refractivity contribution in [2.24, 2.45) is 0 Å². The van der Waals surface area contributed by atoms with Crippen LogP contribution >= 0.6 is 0 Å². The smallest absolute Gasteiger partial charge is 0.165 e. The molecule has 10 rings (SSSR count). The second-order valence-electron chi connectivity index (χ2n) is 11.5. The summed E-state index contributed by atoms with van der Waals surface area (Å²) in [4.78, 5) is 10.6. The number of nitrogens with zero attached hydrogens (tertiary/aromatic N) is 4. The summed E-state index contributed by atoms with van der Waals surface area (Å²) in [5.41, 5.74) is 6.71. The first kappa shape index (κ1) is 20.7. The van der Waals surface area contributed by atoms with Crippen molar-refractivity contribution in [3.8, 4) is 22.8 Å². The van der Waals surface area contributed by atoms with Crippen LogP contribution in [0.25, 0.3) is 88.2 Å². The molecule has 0 amide bonds. The van der Waals surface area contributed by atoms with E-state index in [1.807, 2.05) is 66.7 Å². The minimum Gasteiger partial charge on any atom is -0.309 e. The van der Waals surface area contributed by atoms with E-state index in [0.29, 0.717) is 11.5 Å². The second-order valence-corrected chi connectivity index (χ2v) is 11.5. The summed E-state index contributed by atoms with van der Waals surface area (Å²) >= 11 is 0. The lowest BCUT2D eigenvalue weighted by atomic mass is 10.1. The molecule has 10 aromatic rings. The van der Waals surface area contributed by atoms with Gasteiger partial charge in [-0.1, -0.05) is 97.0 Å². The molecule has 0 aliphatic carbocycles. The fourth-order valence-electron chi connectivity index (χ4n) is 6.94. The number of benzene rings is 7. The third-order valence-electron chi connectivity index (χ3n) is 8.96. The van der Waals surface area contributed by atoms with Crippen molar-refractivity contribution < 1.29 is 6.85 Å². The first-order valence-corrected chi connectivity index (χ1v) is 15.2. The number of hydrogen-bond donors (Lipinski definition) is 0. The van der Waals surface area contributed by atoms with E-state index in [1.54, 1.807) is 4.57 Å². The summed E-state index contributed by atoms with van der Waals surface area (Å²) < 4.78 is 46.5. The fraction of sp³-hybridized carbons (Fsp3) is 0. The lowest BCUT2D eigenvalue weighted by Gasteiger charge is -2.14. The van der Waals surface area contributed by atoms with Crippen LogP contribution in [0.3, 0.4) is 0 Å². The molecule has 4 nitrogen and oxygen atoms in total. The molecule has 46 heavy (non-hydrogen) atoms. The van der Waals surface area contributed by atoms with E-state index < -0.39 is 6.04 Å². The molecule has 0 saturated heterocycles. The van der Waals surface area contributed by atoms with E-state index in [4.69, 9.17) is 16.8 Å². The van der Waals surface area contributed by atoms with Crippen molar-refractivity contribution >= 4 is 65.4 Å². The highest BCUT2D eigenvalue weighted by molar-refractivity contribution is 6.14. The highest BCUT2D eigenvalue weighted by Gasteiger charge is 2.21. The molecule has 0 N–H and O–H groups in total. The first-order valence-electron chi connectivity index (χ1n) is 17.7. The minimum absolute atomic E-state index is 0.114. The topological polar surface area (TPSA) is 35.6 Å². The molecule has 0 unspecified atom stereocenters. The van der Waals surface area contributed by atoms with Crippen molar-refractivity contribution in [1.82, 2.24) is 19.1 Å². The molecule has 0 saturated carbocycles. The number of hydrogen-bond acceptors (Lipinski definition) is 2. The van der Waals surface area contributed by atoms with Crippen LogP contribution in [0.2, 0.25) is 0 Å². The number of rotatable bonds is 3. The highest BCUT2D eigenvalue weighted by Crippen LogP contribution is 2.39. The Morgan fingerprint density at radius 3 is 1.80 bits per heavy atom. The predicted octanol–water partition coefficient (Wildman–Crippen LogP) is 10.6. The van der Waals surface area contributed by atoms with Crippen LogP contribution in [0.15, 0.2) is 158 Å². The molecule has 0 radical (unpaired) electrons. The average Bonchev–Trinajstić information content (AvgIpc) is 3.67. The van der Waals surface area contributed by atoms with Gasteiger partial charge in [0.15, 0.2) is 5.82 Å². The van der Waals surface area contributed by atoms with Crippen LogP contribution in [0.1, 0.15) is 6.85 Å². The van der Waals surface area contributed by atoms with Gasteiger partial charge in [-0.05, 0) is 71.4 Å². The lowest BCUT2D eigenvalue weighted by Crippen LogP contribution is -2.03. The molecule has 0 aliphatic rings. The van der Waals surface area contributed by atoms with Gasteiger partial charge in [-0.15, -0.1) is 0 Å². The first-order chi connectivity index (χ1) is 24.9. The van der Waals surface area contributed by atoms with Gasteiger partial charge in [0.1, 0.15) is 5.69 Å². The number of para-hydroxylation sites is 5. The van der Waals surface area contributed by atoms with Gasteiger partial charge in [-0.25, -0.2) is 9.97 Å². The largest absolute Gasteiger partial charge is 0.309 e. The van der Waals surface area contributed by atoms with E-state index in [2.05, 4.69) is 65.2 Å². The Morgan fingerprint density at radius 1 is 0.457 bits per heavy atom. The Balaban J connectivity index is 1.30. The Bertz CT molecular complexity index is 3080. The van der Waals surface area contributed by atoms with E-state index in [-0.39, 0.29) is 29.9 Å². The highest BCUT2D eigenvalue weighted by atomic mass is 15.1. The van der Waals surface area contributed by atoms with Gasteiger partial charge in [-0.2, -0.15) is 0 Å². The zero-order valence-electron chi connectivity index (χ0n) is 29.4. The molecular formula is C42H26N4. The SMILES string of the molecule is [2H]c1c([2H])c([2H])c(-n2c3ccccc3c3cc(-c4nc5ccccc5nc4-n4c5ccccc5c5cc6ccccc6cc54)ccc32)c([2H])c1[2H]. The molecular weight excluding hydrogens is 560 g/mol. The maximum Gasteiger partial charge on any atom is 0.165 e.